The Labute approximate surface area is 211 Å². The first-order valence-electron chi connectivity index (χ1n) is 11.1. The first kappa shape index (κ1) is 24.2. The van der Waals surface area contributed by atoms with E-state index in [1.807, 2.05) is 31.2 Å². The second-order valence-corrected chi connectivity index (χ2v) is 9.94. The zero-order valence-electron chi connectivity index (χ0n) is 19.7. The number of nitrogens with zero attached hydrogens (tertiary/aromatic N) is 4. The van der Waals surface area contributed by atoms with Crippen molar-refractivity contribution in [3.63, 3.8) is 0 Å². The zero-order chi connectivity index (χ0) is 26.2. The van der Waals surface area contributed by atoms with E-state index >= 15 is 0 Å². The van der Waals surface area contributed by atoms with Crippen LogP contribution in [0.15, 0.2) is 78.0 Å². The molecule has 11 heteroatoms. The number of sulfonamides is 1. The van der Waals surface area contributed by atoms with E-state index in [1.54, 1.807) is 37.5 Å². The third kappa shape index (κ3) is 5.21. The monoisotopic (exact) mass is 518 g/mol. The smallest absolute Gasteiger partial charge is 0.264 e. The van der Waals surface area contributed by atoms with Gasteiger partial charge in [-0.05, 0) is 74.0 Å². The van der Waals surface area contributed by atoms with E-state index in [-0.39, 0.29) is 5.69 Å². The number of nitrogens with one attached hydrogen (secondary N) is 2. The molecule has 0 amide bonds. The summed E-state index contributed by atoms with van der Waals surface area (Å²) < 4.78 is 55.3. The minimum absolute atomic E-state index is 0.158. The van der Waals surface area contributed by atoms with Crippen molar-refractivity contribution in [2.24, 2.45) is 0 Å². The third-order valence-corrected chi connectivity index (χ3v) is 6.95. The van der Waals surface area contributed by atoms with Crippen molar-refractivity contribution in [1.29, 1.82) is 0 Å². The Morgan fingerprint density at radius 1 is 0.811 bits per heavy atom. The normalized spacial score (nSPS) is 11.5. The van der Waals surface area contributed by atoms with Gasteiger partial charge in [-0.2, -0.15) is 0 Å². The van der Waals surface area contributed by atoms with E-state index in [0.29, 0.717) is 40.2 Å². The minimum Gasteiger partial charge on any atom is -0.325 e. The molecular weight excluding hydrogens is 498 g/mol. The zero-order valence-corrected chi connectivity index (χ0v) is 20.5. The van der Waals surface area contributed by atoms with Crippen LogP contribution in [0.4, 0.5) is 26.1 Å². The molecule has 8 nitrogen and oxygen atoms in total. The van der Waals surface area contributed by atoms with Crippen molar-refractivity contribution in [2.45, 2.75) is 18.7 Å². The summed E-state index contributed by atoms with van der Waals surface area (Å²) in [6.45, 7) is 3.51. The lowest BCUT2D eigenvalue weighted by Crippen LogP contribution is -2.16. The number of fused-ring (bicyclic) bond motifs is 1. The summed E-state index contributed by atoms with van der Waals surface area (Å²) in [6.07, 6.45) is 3.18. The summed E-state index contributed by atoms with van der Waals surface area (Å²) in [6, 6.07) is 15.0. The molecule has 1 aromatic carbocycles. The lowest BCUT2D eigenvalue weighted by Gasteiger charge is -2.13. The average molecular weight is 519 g/mol. The molecule has 0 aliphatic rings. The molecular formula is C26H20F2N6O2S. The van der Waals surface area contributed by atoms with E-state index in [4.69, 9.17) is 0 Å². The topological polar surface area (TPSA) is 110 Å². The maximum absolute atomic E-state index is 14.1. The Balaban J connectivity index is 1.43. The summed E-state index contributed by atoms with van der Waals surface area (Å²) in [5.41, 5.74) is 3.30. The molecule has 0 fully saturated rings. The van der Waals surface area contributed by atoms with Gasteiger partial charge >= 0.3 is 0 Å². The fourth-order valence-corrected chi connectivity index (χ4v) is 4.83. The Hall–Kier alpha value is -4.51. The predicted octanol–water partition coefficient (Wildman–Crippen LogP) is 5.53. The molecule has 0 bridgehead atoms. The van der Waals surface area contributed by atoms with Gasteiger partial charge in [0.1, 0.15) is 28.2 Å². The van der Waals surface area contributed by atoms with Gasteiger partial charge in [-0.15, -0.1) is 0 Å². The maximum atomic E-state index is 14.1. The maximum Gasteiger partial charge on any atom is 0.264 e. The Bertz CT molecular complexity index is 1760. The summed E-state index contributed by atoms with van der Waals surface area (Å²) >= 11 is 0. The average Bonchev–Trinajstić information content (AvgIpc) is 2.85. The molecule has 0 aliphatic carbocycles. The van der Waals surface area contributed by atoms with Crippen molar-refractivity contribution in [2.75, 3.05) is 10.0 Å². The van der Waals surface area contributed by atoms with Crippen LogP contribution < -0.4 is 10.0 Å². The van der Waals surface area contributed by atoms with Gasteiger partial charge in [0.05, 0.1) is 11.4 Å². The second kappa shape index (κ2) is 9.51. The number of hydrogen-bond donors (Lipinski definition) is 2. The predicted molar refractivity (Wildman–Crippen MR) is 137 cm³/mol. The molecule has 0 saturated carbocycles. The number of halogens is 2. The molecule has 0 radical (unpaired) electrons. The van der Waals surface area contributed by atoms with Gasteiger partial charge in [0.15, 0.2) is 5.65 Å². The quantitative estimate of drug-likeness (QED) is 0.304. The fourth-order valence-electron chi connectivity index (χ4n) is 3.66. The largest absolute Gasteiger partial charge is 0.325 e. The molecule has 4 heterocycles. The molecule has 186 valence electrons. The molecule has 0 aliphatic heterocycles. The van der Waals surface area contributed by atoms with Crippen molar-refractivity contribution >= 4 is 38.4 Å². The highest BCUT2D eigenvalue weighted by molar-refractivity contribution is 7.92. The number of aromatic nitrogens is 4. The lowest BCUT2D eigenvalue weighted by molar-refractivity contribution is 0.551. The van der Waals surface area contributed by atoms with E-state index in [2.05, 4.69) is 30.0 Å². The third-order valence-electron chi connectivity index (χ3n) is 5.56. The van der Waals surface area contributed by atoms with E-state index in [9.17, 15) is 17.2 Å². The summed E-state index contributed by atoms with van der Waals surface area (Å²) in [7, 11) is -4.32. The van der Waals surface area contributed by atoms with Gasteiger partial charge in [-0.25, -0.2) is 32.2 Å². The molecule has 0 spiro atoms. The van der Waals surface area contributed by atoms with Gasteiger partial charge in [0, 0.05) is 35.1 Å². The molecule has 5 aromatic rings. The van der Waals surface area contributed by atoms with Crippen LogP contribution in [0, 0.1) is 25.5 Å². The molecule has 4 aromatic heterocycles. The Morgan fingerprint density at radius 2 is 1.62 bits per heavy atom. The van der Waals surface area contributed by atoms with Crippen LogP contribution >= 0.6 is 0 Å². The fraction of sp³-hybridized carbons (Fsp3) is 0.0769. The number of anilines is 3. The number of aryl methyl sites for hydroxylation is 2. The minimum atomic E-state index is -4.32. The molecule has 0 saturated heterocycles. The molecule has 0 unspecified atom stereocenters. The van der Waals surface area contributed by atoms with Crippen LogP contribution in [0.25, 0.3) is 22.2 Å². The van der Waals surface area contributed by atoms with Crippen LogP contribution in [0.2, 0.25) is 0 Å². The number of pyridine rings is 4. The highest BCUT2D eigenvalue weighted by Gasteiger charge is 2.21. The van der Waals surface area contributed by atoms with Crippen molar-refractivity contribution in [3.8, 4) is 11.1 Å². The van der Waals surface area contributed by atoms with Crippen LogP contribution in [-0.2, 0) is 10.0 Å². The van der Waals surface area contributed by atoms with Gasteiger partial charge in [0.25, 0.3) is 10.0 Å². The second-order valence-electron chi connectivity index (χ2n) is 8.29. The van der Waals surface area contributed by atoms with Crippen molar-refractivity contribution < 1.29 is 17.2 Å². The number of hydrogen-bond acceptors (Lipinski definition) is 7. The lowest BCUT2D eigenvalue weighted by atomic mass is 10.1. The number of benzene rings is 1. The van der Waals surface area contributed by atoms with Gasteiger partial charge < -0.3 is 5.32 Å². The van der Waals surface area contributed by atoms with Crippen LogP contribution in [0.3, 0.4) is 0 Å². The number of rotatable bonds is 6. The van der Waals surface area contributed by atoms with Crippen molar-refractivity contribution in [1.82, 2.24) is 19.9 Å². The van der Waals surface area contributed by atoms with Gasteiger partial charge in [-0.1, -0.05) is 0 Å². The summed E-state index contributed by atoms with van der Waals surface area (Å²) in [5, 5.41) is 4.07. The van der Waals surface area contributed by atoms with Crippen LogP contribution in [0.1, 0.15) is 11.4 Å². The Morgan fingerprint density at radius 3 is 2.43 bits per heavy atom. The highest BCUT2D eigenvalue weighted by atomic mass is 32.2. The van der Waals surface area contributed by atoms with Gasteiger partial charge in [0.2, 0.25) is 0 Å². The van der Waals surface area contributed by atoms with Gasteiger partial charge in [-0.3, -0.25) is 9.71 Å². The first-order valence-corrected chi connectivity index (χ1v) is 12.6. The van der Waals surface area contributed by atoms with E-state index < -0.39 is 26.6 Å². The SMILES string of the molecule is Cc1ccc2ccc(Nc3cc(-c4cnc(C)c(NS(=O)(=O)c5ccc(F)cc5F)c4)ccn3)nc2n1. The molecule has 0 atom stereocenters. The summed E-state index contributed by atoms with van der Waals surface area (Å²) in [4.78, 5) is 16.9. The Kier molecular flexibility index (Phi) is 6.22. The molecule has 2 N–H and O–H groups in total. The standard InChI is InChI=1S/C26H20F2N6O2S/c1-15-3-4-17-5-8-24(33-26(17)31-15)32-25-12-18(9-10-29-25)19-11-22(16(2)30-14-19)34-37(35,36)23-7-6-20(27)13-21(23)28/h3-14,34H,1-2H3,(H,29,31,32,33). The summed E-state index contributed by atoms with van der Waals surface area (Å²) in [5.74, 6) is -0.990. The van der Waals surface area contributed by atoms with E-state index in [1.165, 1.54) is 0 Å². The van der Waals surface area contributed by atoms with Crippen LogP contribution in [-0.4, -0.2) is 28.4 Å². The first-order chi connectivity index (χ1) is 17.7. The van der Waals surface area contributed by atoms with Crippen LogP contribution in [0.5, 0.6) is 0 Å². The molecule has 5 rings (SSSR count). The highest BCUT2D eigenvalue weighted by Crippen LogP contribution is 2.28. The molecule has 37 heavy (non-hydrogen) atoms. The van der Waals surface area contributed by atoms with Crippen molar-refractivity contribution in [3.05, 3.63) is 96.1 Å². The van der Waals surface area contributed by atoms with E-state index in [0.717, 1.165) is 23.2 Å².